The van der Waals surface area contributed by atoms with Crippen LogP contribution in [0.3, 0.4) is 0 Å². The van der Waals surface area contributed by atoms with Gasteiger partial charge < -0.3 is 35.1 Å². The van der Waals surface area contributed by atoms with E-state index in [9.17, 15) is 14.4 Å². The highest BCUT2D eigenvalue weighted by Crippen LogP contribution is 2.46. The van der Waals surface area contributed by atoms with Crippen molar-refractivity contribution in [2.45, 2.75) is 30.9 Å². The molecule has 2 aromatic rings. The van der Waals surface area contributed by atoms with Crippen LogP contribution in [0.4, 0.5) is 19.7 Å². The van der Waals surface area contributed by atoms with Gasteiger partial charge in [0.25, 0.3) is 0 Å². The quantitative estimate of drug-likeness (QED) is 0.559. The van der Waals surface area contributed by atoms with Crippen molar-refractivity contribution in [2.75, 3.05) is 31.1 Å². The van der Waals surface area contributed by atoms with Crippen molar-refractivity contribution in [1.82, 2.24) is 9.88 Å². The first-order valence-electron chi connectivity index (χ1n) is 10.6. The van der Waals surface area contributed by atoms with Gasteiger partial charge in [0.15, 0.2) is 5.75 Å². The van der Waals surface area contributed by atoms with E-state index >= 15 is 4.39 Å². The van der Waals surface area contributed by atoms with Gasteiger partial charge in [0.05, 0.1) is 34.4 Å². The minimum Gasteiger partial charge on any atom is -0.449 e. The number of ether oxygens (including phenoxy) is 2. The van der Waals surface area contributed by atoms with Gasteiger partial charge in [-0.15, -0.1) is 0 Å². The highest BCUT2D eigenvalue weighted by atomic mass is 35.5. The number of hydrogen-bond acceptors (Lipinski definition) is 6. The predicted molar refractivity (Wildman–Crippen MR) is 117 cm³/mol. The van der Waals surface area contributed by atoms with Crippen LogP contribution in [0.25, 0.3) is 10.9 Å². The van der Waals surface area contributed by atoms with Crippen LogP contribution in [0, 0.1) is 11.7 Å². The number of carbonyl (C=O) groups is 2. The van der Waals surface area contributed by atoms with Crippen LogP contribution >= 0.6 is 11.6 Å². The number of halogens is 2. The van der Waals surface area contributed by atoms with E-state index in [-0.39, 0.29) is 41.1 Å². The van der Waals surface area contributed by atoms with E-state index < -0.39 is 34.8 Å². The lowest BCUT2D eigenvalue weighted by Crippen LogP contribution is -2.49. The number of benzene rings is 1. The molecular weight excluding hydrogens is 459 g/mol. The van der Waals surface area contributed by atoms with Crippen molar-refractivity contribution >= 4 is 40.4 Å². The molecular formula is C21H22ClFN4O6. The molecule has 0 radical (unpaired) electrons. The number of urea groups is 1. The van der Waals surface area contributed by atoms with Gasteiger partial charge in [-0.3, -0.25) is 4.79 Å². The highest BCUT2D eigenvalue weighted by molar-refractivity contribution is 6.38. The average molecular weight is 481 g/mol. The minimum atomic E-state index is -1.63. The molecule has 2 atom stereocenters. The molecule has 1 aromatic heterocycles. The minimum absolute atomic E-state index is 0.00690. The summed E-state index contributed by atoms with van der Waals surface area (Å²) in [6.45, 7) is 1.46. The number of carbonyl (C=O) groups excluding carboxylic acids is 1. The van der Waals surface area contributed by atoms with E-state index in [1.807, 2.05) is 0 Å². The Morgan fingerprint density at radius 3 is 2.82 bits per heavy atom. The largest absolute Gasteiger partial charge is 0.511 e. The number of pyridine rings is 1. The summed E-state index contributed by atoms with van der Waals surface area (Å²) in [4.78, 5) is 36.9. The molecule has 0 bridgehead atoms. The zero-order valence-electron chi connectivity index (χ0n) is 17.5. The van der Waals surface area contributed by atoms with Gasteiger partial charge in [0.2, 0.25) is 5.43 Å². The first-order chi connectivity index (χ1) is 15.7. The summed E-state index contributed by atoms with van der Waals surface area (Å²) in [5.74, 6) is -1.07. The summed E-state index contributed by atoms with van der Waals surface area (Å²) in [5, 5.41) is 11.6. The zero-order chi connectivity index (χ0) is 23.5. The maximum Gasteiger partial charge on any atom is 0.511 e. The molecule has 33 heavy (non-hydrogen) atoms. The molecule has 3 aliphatic rings. The smallest absolute Gasteiger partial charge is 0.449 e. The molecule has 2 aliphatic heterocycles. The summed E-state index contributed by atoms with van der Waals surface area (Å²) in [7, 11) is 0. The SMILES string of the molecule is NC(=O)NCC12CN(c3c(F)cc4c(=O)c(OC(=O)O)cn(C5CC5)c4c3Cl)CC1CCO2. The van der Waals surface area contributed by atoms with Crippen molar-refractivity contribution in [2.24, 2.45) is 11.7 Å². The van der Waals surface area contributed by atoms with Gasteiger partial charge in [-0.25, -0.2) is 14.0 Å². The second kappa shape index (κ2) is 7.77. The molecule has 2 amide bonds. The summed E-state index contributed by atoms with van der Waals surface area (Å²) >= 11 is 6.73. The molecule has 3 heterocycles. The van der Waals surface area contributed by atoms with Crippen molar-refractivity contribution < 1.29 is 28.6 Å². The second-order valence-corrected chi connectivity index (χ2v) is 9.12. The molecule has 3 fully saturated rings. The zero-order valence-corrected chi connectivity index (χ0v) is 18.2. The number of hydrogen-bond donors (Lipinski definition) is 3. The van der Waals surface area contributed by atoms with Crippen molar-refractivity contribution in [3.63, 3.8) is 0 Å². The summed E-state index contributed by atoms with van der Waals surface area (Å²) in [5.41, 5.74) is 4.25. The summed E-state index contributed by atoms with van der Waals surface area (Å²) in [6.07, 6.45) is 2.07. The molecule has 1 aromatic carbocycles. The lowest BCUT2D eigenvalue weighted by molar-refractivity contribution is 0.00783. The number of nitrogens with zero attached hydrogens (tertiary/aromatic N) is 2. The van der Waals surface area contributed by atoms with Crippen molar-refractivity contribution in [3.8, 4) is 5.75 Å². The van der Waals surface area contributed by atoms with Gasteiger partial charge in [-0.05, 0) is 25.3 Å². The molecule has 1 saturated carbocycles. The highest BCUT2D eigenvalue weighted by Gasteiger charge is 2.52. The third kappa shape index (κ3) is 3.65. The number of aromatic nitrogens is 1. The normalized spacial score (nSPS) is 24.2. The van der Waals surface area contributed by atoms with Gasteiger partial charge in [-0.1, -0.05) is 11.6 Å². The fraction of sp³-hybridized carbons (Fsp3) is 0.476. The molecule has 176 valence electrons. The van der Waals surface area contributed by atoms with Crippen LogP contribution in [0.5, 0.6) is 5.75 Å². The van der Waals surface area contributed by atoms with Crippen LogP contribution in [0.2, 0.25) is 5.02 Å². The van der Waals surface area contributed by atoms with E-state index in [1.54, 1.807) is 9.47 Å². The number of carboxylic acid groups (broad SMARTS) is 1. The van der Waals surface area contributed by atoms with E-state index in [0.717, 1.165) is 25.3 Å². The lowest BCUT2D eigenvalue weighted by atomic mass is 9.91. The number of nitrogens with one attached hydrogen (secondary N) is 1. The van der Waals surface area contributed by atoms with Gasteiger partial charge >= 0.3 is 12.2 Å². The molecule has 5 rings (SSSR count). The summed E-state index contributed by atoms with van der Waals surface area (Å²) < 4.78 is 27.7. The average Bonchev–Trinajstić information content (AvgIpc) is 3.41. The number of amides is 2. The molecule has 0 spiro atoms. The molecule has 2 unspecified atom stereocenters. The Kier molecular flexibility index (Phi) is 5.13. The van der Waals surface area contributed by atoms with Crippen LogP contribution < -0.4 is 26.1 Å². The van der Waals surface area contributed by atoms with Gasteiger partial charge in [0.1, 0.15) is 11.4 Å². The summed E-state index contributed by atoms with van der Waals surface area (Å²) in [6, 6.07) is 0.419. The first-order valence-corrected chi connectivity index (χ1v) is 11.0. The van der Waals surface area contributed by atoms with Crippen LogP contribution in [0.1, 0.15) is 25.3 Å². The van der Waals surface area contributed by atoms with E-state index in [4.69, 9.17) is 27.2 Å². The van der Waals surface area contributed by atoms with E-state index in [0.29, 0.717) is 18.7 Å². The molecule has 12 heteroatoms. The van der Waals surface area contributed by atoms with Crippen LogP contribution in [0.15, 0.2) is 17.1 Å². The Labute approximate surface area is 192 Å². The molecule has 2 saturated heterocycles. The maximum atomic E-state index is 15.4. The van der Waals surface area contributed by atoms with Gasteiger partial charge in [-0.2, -0.15) is 0 Å². The number of anilines is 1. The fourth-order valence-corrected chi connectivity index (χ4v) is 5.44. The van der Waals surface area contributed by atoms with Gasteiger partial charge in [0, 0.05) is 31.7 Å². The number of rotatable bonds is 5. The predicted octanol–water partition coefficient (Wildman–Crippen LogP) is 2.45. The fourth-order valence-electron chi connectivity index (χ4n) is 5.03. The molecule has 1 aliphatic carbocycles. The Bertz CT molecular complexity index is 1230. The van der Waals surface area contributed by atoms with Crippen LogP contribution in [-0.2, 0) is 4.74 Å². The Morgan fingerprint density at radius 1 is 1.39 bits per heavy atom. The molecule has 4 N–H and O–H groups in total. The number of nitrogens with two attached hydrogens (primary N) is 1. The van der Waals surface area contributed by atoms with E-state index in [1.165, 1.54) is 6.20 Å². The van der Waals surface area contributed by atoms with Crippen LogP contribution in [-0.4, -0.2) is 53.7 Å². The maximum absolute atomic E-state index is 15.4. The number of primary amides is 1. The third-order valence-electron chi connectivity index (χ3n) is 6.67. The van der Waals surface area contributed by atoms with Crippen molar-refractivity contribution in [3.05, 3.63) is 33.3 Å². The Morgan fingerprint density at radius 2 is 2.15 bits per heavy atom. The van der Waals surface area contributed by atoms with E-state index in [2.05, 4.69) is 10.1 Å². The Hall–Kier alpha value is -3.05. The third-order valence-corrected chi connectivity index (χ3v) is 7.02. The van der Waals surface area contributed by atoms with Crippen molar-refractivity contribution in [1.29, 1.82) is 0 Å². The second-order valence-electron chi connectivity index (χ2n) is 8.74. The number of fused-ring (bicyclic) bond motifs is 2. The molecule has 10 nitrogen and oxygen atoms in total. The lowest BCUT2D eigenvalue weighted by Gasteiger charge is -2.29. The Balaban J connectivity index is 1.60. The monoisotopic (exact) mass is 480 g/mol. The topological polar surface area (TPSA) is 136 Å². The first kappa shape index (κ1) is 21.8. The standard InChI is InChI=1S/C21H22ClFN4O6/c22-15-16-12(18(28)14(33-20(30)31)7-27(16)11-1-2-11)5-13(23)17(15)26-6-10-3-4-32-21(10,9-26)8-25-19(24)29/h5,7,10-11H,1-4,6,8-9H2,(H,30,31)(H3,24,25,29).